The molecule has 7 rings (SSSR count). The number of phenols is 1. The van der Waals surface area contributed by atoms with E-state index in [9.17, 15) is 24.3 Å². The summed E-state index contributed by atoms with van der Waals surface area (Å²) in [6.07, 6.45) is 9.14. The fraction of sp³-hybridized carbons (Fsp3) is 0.500. The average molecular weight is 975 g/mol. The van der Waals surface area contributed by atoms with Gasteiger partial charge in [-0.25, -0.2) is 19.2 Å². The maximum absolute atomic E-state index is 12.3. The Bertz CT molecular complexity index is 2490. The third kappa shape index (κ3) is 19.2. The number of aromatic hydroxyl groups is 1. The standard InChI is InChI=1S/C23H31N3O5.C14H19NO3.C9H14N2O3.C4H6N2O/c1-22(2,3)30-20(27)25-10-9-17-11-19(8-7-18(17)14-25)29-15-16-12-24-26(13-16)21(28)31-23(4,5)6;1-14(2,3)18-13(17)15-7-6-10-8-12(16)5-4-11(10)9-15;1-9(2,3)14-8(13)11-5-7(6-12)4-10-11;7-3-4-1-5-6-2-4/h7-8,11-13H,9-10,14-15H2,1-6H3;4-5,8,16H,6-7,9H2,1-3H3;4-5,12H,6H2,1-3H3;1-2,7H,3H2,(H,5,6). The molecule has 0 saturated heterocycles. The maximum Gasteiger partial charge on any atom is 0.435 e. The molecule has 0 atom stereocenters. The molecule has 2 amide bonds. The summed E-state index contributed by atoms with van der Waals surface area (Å²) in [5.74, 6) is 1.01. The molecule has 0 radical (unpaired) electrons. The lowest BCUT2D eigenvalue weighted by molar-refractivity contribution is 0.0213. The van der Waals surface area contributed by atoms with Crippen LogP contribution < -0.4 is 4.74 Å². The van der Waals surface area contributed by atoms with Crippen LogP contribution in [0.4, 0.5) is 19.2 Å². The number of ether oxygens (including phenoxy) is 5. The fourth-order valence-electron chi connectivity index (χ4n) is 6.35. The molecule has 3 aromatic heterocycles. The number of hydrogen-bond donors (Lipinski definition) is 4. The highest BCUT2D eigenvalue weighted by Crippen LogP contribution is 2.27. The summed E-state index contributed by atoms with van der Waals surface area (Å²) in [4.78, 5) is 51.1. The van der Waals surface area contributed by atoms with Crippen molar-refractivity contribution in [2.24, 2.45) is 0 Å². The maximum atomic E-state index is 12.3. The number of H-pyrrole nitrogens is 1. The number of nitrogens with one attached hydrogen (secondary N) is 1. The van der Waals surface area contributed by atoms with E-state index in [1.54, 1.807) is 88.3 Å². The third-order valence-electron chi connectivity index (χ3n) is 9.45. The summed E-state index contributed by atoms with van der Waals surface area (Å²) in [6.45, 7) is 24.5. The van der Waals surface area contributed by atoms with E-state index in [0.717, 1.165) is 56.7 Å². The molecule has 0 unspecified atom stereocenters. The number of aromatic nitrogens is 6. The lowest BCUT2D eigenvalue weighted by Crippen LogP contribution is -2.39. The van der Waals surface area contributed by atoms with E-state index in [-0.39, 0.29) is 37.8 Å². The number of benzene rings is 2. The van der Waals surface area contributed by atoms with Crippen molar-refractivity contribution >= 4 is 24.4 Å². The fourth-order valence-corrected chi connectivity index (χ4v) is 6.35. The molecule has 2 aromatic carbocycles. The Morgan fingerprint density at radius 3 is 1.44 bits per heavy atom. The van der Waals surface area contributed by atoms with Crippen LogP contribution in [0.2, 0.25) is 0 Å². The zero-order valence-corrected chi connectivity index (χ0v) is 42.4. The van der Waals surface area contributed by atoms with E-state index in [1.807, 2.05) is 65.8 Å². The number of phenolic OH excluding ortho intramolecular Hbond substituents is 1. The second-order valence-corrected chi connectivity index (χ2v) is 20.4. The highest BCUT2D eigenvalue weighted by atomic mass is 16.6. The van der Waals surface area contributed by atoms with Gasteiger partial charge < -0.3 is 48.8 Å². The van der Waals surface area contributed by atoms with Gasteiger partial charge in [-0.2, -0.15) is 24.7 Å². The minimum atomic E-state index is -0.581. The Morgan fingerprint density at radius 1 is 0.571 bits per heavy atom. The first kappa shape index (κ1) is 55.7. The first-order valence-corrected chi connectivity index (χ1v) is 22.8. The SMILES string of the molecule is CC(C)(C)OC(=O)N1CCc2cc(O)ccc2C1.CC(C)(C)OC(=O)N1CCc2cc(OCc3cnn(C(=O)OC(C)(C)C)c3)ccc2C1.CC(C)(C)OC(=O)n1cc(CO)cn1.OCc1cn[nH]c1. The predicted octanol–water partition coefficient (Wildman–Crippen LogP) is 8.28. The van der Waals surface area contributed by atoms with Crippen LogP contribution in [0.3, 0.4) is 0 Å². The number of carbonyl (C=O) groups is 4. The van der Waals surface area contributed by atoms with Crippen molar-refractivity contribution in [2.75, 3.05) is 13.1 Å². The molecule has 20 heteroatoms. The van der Waals surface area contributed by atoms with Gasteiger partial charge in [-0.3, -0.25) is 5.10 Å². The number of aliphatic hydroxyl groups is 2. The van der Waals surface area contributed by atoms with Crippen LogP contribution in [-0.4, -0.2) is 115 Å². The zero-order chi connectivity index (χ0) is 52.0. The van der Waals surface area contributed by atoms with E-state index in [0.29, 0.717) is 31.7 Å². The molecule has 5 heterocycles. The predicted molar refractivity (Wildman–Crippen MR) is 258 cm³/mol. The van der Waals surface area contributed by atoms with Crippen LogP contribution in [0, 0.1) is 0 Å². The Balaban J connectivity index is 0.000000230. The van der Waals surface area contributed by atoms with Crippen molar-refractivity contribution < 1.29 is 58.2 Å². The molecule has 0 saturated carbocycles. The summed E-state index contributed by atoms with van der Waals surface area (Å²) in [6, 6.07) is 11.1. The Kier molecular flexibility index (Phi) is 19.1. The van der Waals surface area contributed by atoms with Crippen molar-refractivity contribution in [2.45, 2.75) is 151 Å². The summed E-state index contributed by atoms with van der Waals surface area (Å²) in [5, 5.41) is 40.5. The first-order valence-electron chi connectivity index (χ1n) is 22.8. The lowest BCUT2D eigenvalue weighted by Gasteiger charge is -2.31. The van der Waals surface area contributed by atoms with Crippen molar-refractivity contribution in [3.05, 3.63) is 113 Å². The van der Waals surface area contributed by atoms with Crippen LogP contribution in [0.5, 0.6) is 11.5 Å². The van der Waals surface area contributed by atoms with Gasteiger partial charge in [0, 0.05) is 61.5 Å². The largest absolute Gasteiger partial charge is 0.508 e. The number of aromatic amines is 1. The number of nitrogens with zero attached hydrogens (tertiary/aromatic N) is 7. The molecule has 2 aliphatic rings. The van der Waals surface area contributed by atoms with Gasteiger partial charge in [0.25, 0.3) is 0 Å². The quantitative estimate of drug-likeness (QED) is 0.121. The van der Waals surface area contributed by atoms with Crippen LogP contribution in [0.1, 0.15) is 122 Å². The number of rotatable bonds is 5. The van der Waals surface area contributed by atoms with E-state index >= 15 is 0 Å². The average Bonchev–Trinajstić information content (AvgIpc) is 4.07. The number of amides is 2. The summed E-state index contributed by atoms with van der Waals surface area (Å²) >= 11 is 0. The molecule has 382 valence electrons. The number of fused-ring (bicyclic) bond motifs is 2. The second-order valence-electron chi connectivity index (χ2n) is 20.4. The van der Waals surface area contributed by atoms with Gasteiger partial charge in [0.2, 0.25) is 0 Å². The number of carbonyl (C=O) groups excluding carboxylic acids is 4. The molecular weight excluding hydrogens is 905 g/mol. The minimum Gasteiger partial charge on any atom is -0.508 e. The van der Waals surface area contributed by atoms with Crippen LogP contribution in [0.15, 0.2) is 73.6 Å². The molecule has 2 aliphatic heterocycles. The van der Waals surface area contributed by atoms with Gasteiger partial charge in [0.1, 0.15) is 40.5 Å². The van der Waals surface area contributed by atoms with E-state index < -0.39 is 34.6 Å². The van der Waals surface area contributed by atoms with Gasteiger partial charge in [-0.1, -0.05) is 12.1 Å². The summed E-state index contributed by atoms with van der Waals surface area (Å²) < 4.78 is 29.3. The highest BCUT2D eigenvalue weighted by molar-refractivity contribution is 5.71. The highest BCUT2D eigenvalue weighted by Gasteiger charge is 2.28. The summed E-state index contributed by atoms with van der Waals surface area (Å²) in [7, 11) is 0. The molecule has 0 spiro atoms. The van der Waals surface area contributed by atoms with E-state index in [2.05, 4.69) is 20.4 Å². The van der Waals surface area contributed by atoms with Crippen LogP contribution in [0.25, 0.3) is 0 Å². The van der Waals surface area contributed by atoms with Crippen molar-refractivity contribution in [3.8, 4) is 11.5 Å². The smallest absolute Gasteiger partial charge is 0.435 e. The molecule has 5 aromatic rings. The topological polar surface area (TPSA) is 246 Å². The number of hydrogen-bond acceptors (Lipinski definition) is 15. The molecule has 0 aliphatic carbocycles. The van der Waals surface area contributed by atoms with Gasteiger partial charge in [0.15, 0.2) is 0 Å². The van der Waals surface area contributed by atoms with Crippen molar-refractivity contribution in [1.82, 2.24) is 39.6 Å². The van der Waals surface area contributed by atoms with Gasteiger partial charge in [-0.15, -0.1) is 0 Å². The van der Waals surface area contributed by atoms with Gasteiger partial charge in [0.05, 0.1) is 31.8 Å². The summed E-state index contributed by atoms with van der Waals surface area (Å²) in [5.41, 5.74) is 4.49. The van der Waals surface area contributed by atoms with Crippen LogP contribution in [-0.2, 0) is 64.7 Å². The van der Waals surface area contributed by atoms with Crippen LogP contribution >= 0.6 is 0 Å². The lowest BCUT2D eigenvalue weighted by atomic mass is 10.00. The third-order valence-corrected chi connectivity index (χ3v) is 9.45. The molecule has 70 heavy (non-hydrogen) atoms. The normalized spacial score (nSPS) is 13.3. The van der Waals surface area contributed by atoms with Gasteiger partial charge in [-0.05, 0) is 142 Å². The second kappa shape index (κ2) is 24.1. The molecule has 4 N–H and O–H groups in total. The zero-order valence-electron chi connectivity index (χ0n) is 42.4. The monoisotopic (exact) mass is 975 g/mol. The minimum absolute atomic E-state index is 0.0660. The molecular formula is C50H70N8O12. The first-order chi connectivity index (χ1) is 32.6. The van der Waals surface area contributed by atoms with E-state index in [4.69, 9.17) is 33.9 Å². The van der Waals surface area contributed by atoms with Gasteiger partial charge >= 0.3 is 24.4 Å². The Hall–Kier alpha value is -6.93. The molecule has 20 nitrogen and oxygen atoms in total. The molecule has 0 bridgehead atoms. The Morgan fingerprint density at radius 2 is 1.01 bits per heavy atom. The van der Waals surface area contributed by atoms with E-state index in [1.165, 1.54) is 17.1 Å². The molecule has 0 fully saturated rings. The van der Waals surface area contributed by atoms with Crippen molar-refractivity contribution in [1.29, 1.82) is 0 Å². The Labute approximate surface area is 409 Å². The van der Waals surface area contributed by atoms with Crippen molar-refractivity contribution in [3.63, 3.8) is 0 Å². The number of aliphatic hydroxyl groups excluding tert-OH is 2.